The fraction of sp³-hybridized carbons (Fsp3) is 1.00. The summed E-state index contributed by atoms with van der Waals surface area (Å²) in [6, 6.07) is 0. The molecule has 0 amide bonds. The van der Waals surface area contributed by atoms with Gasteiger partial charge in [-0.25, -0.2) is 4.21 Å². The molecule has 0 aliphatic rings. The van der Waals surface area contributed by atoms with Crippen LogP contribution in [0.4, 0.5) is 0 Å². The SMILES string of the molecule is COS(=O)(=S)CCCCCCCCCCN. The molecule has 1 unspecified atom stereocenters. The van der Waals surface area contributed by atoms with Gasteiger partial charge >= 0.3 is 0 Å². The molecular weight excluding hydrogens is 242 g/mol. The van der Waals surface area contributed by atoms with E-state index < -0.39 is 8.77 Å². The van der Waals surface area contributed by atoms with Gasteiger partial charge < -0.3 is 5.73 Å². The molecule has 0 spiro atoms. The van der Waals surface area contributed by atoms with Gasteiger partial charge in [0, 0.05) is 11.2 Å². The number of unbranched alkanes of at least 4 members (excludes halogenated alkanes) is 7. The fourth-order valence-corrected chi connectivity index (χ4v) is 2.65. The molecule has 0 radical (unpaired) electrons. The van der Waals surface area contributed by atoms with E-state index in [1.54, 1.807) is 0 Å². The van der Waals surface area contributed by atoms with E-state index in [4.69, 9.17) is 21.1 Å². The van der Waals surface area contributed by atoms with Gasteiger partial charge in [-0.05, 0) is 19.4 Å². The van der Waals surface area contributed by atoms with E-state index in [1.165, 1.54) is 39.2 Å². The highest BCUT2D eigenvalue weighted by molar-refractivity contribution is 8.30. The Morgan fingerprint density at radius 1 is 1.00 bits per heavy atom. The van der Waals surface area contributed by atoms with Crippen LogP contribution in [-0.4, -0.2) is 23.6 Å². The predicted octanol–water partition coefficient (Wildman–Crippen LogP) is 2.37. The summed E-state index contributed by atoms with van der Waals surface area (Å²) in [5.74, 6) is 0.520. The van der Waals surface area contributed by atoms with Gasteiger partial charge in [0.2, 0.25) is 0 Å². The largest absolute Gasteiger partial charge is 0.330 e. The number of hydrogen-bond acceptors (Lipinski definition) is 4. The molecule has 0 aromatic rings. The van der Waals surface area contributed by atoms with Crippen LogP contribution in [0.5, 0.6) is 0 Å². The summed E-state index contributed by atoms with van der Waals surface area (Å²) >= 11 is 4.79. The zero-order valence-corrected chi connectivity index (χ0v) is 11.9. The Labute approximate surface area is 105 Å². The first-order chi connectivity index (χ1) is 7.62. The third kappa shape index (κ3) is 10.8. The van der Waals surface area contributed by atoms with Crippen molar-refractivity contribution >= 4 is 20.0 Å². The monoisotopic (exact) mass is 267 g/mol. The zero-order chi connectivity index (χ0) is 12.3. The van der Waals surface area contributed by atoms with Gasteiger partial charge in [0.15, 0.2) is 0 Å². The maximum atomic E-state index is 11.3. The predicted molar refractivity (Wildman–Crippen MR) is 73.4 cm³/mol. The third-order valence-electron chi connectivity index (χ3n) is 2.60. The minimum Gasteiger partial charge on any atom is -0.330 e. The Hall–Kier alpha value is 0.290. The van der Waals surface area contributed by atoms with Crippen molar-refractivity contribution in [3.8, 4) is 0 Å². The molecule has 5 heteroatoms. The average Bonchev–Trinajstić information content (AvgIpc) is 2.27. The van der Waals surface area contributed by atoms with Crippen LogP contribution in [0.2, 0.25) is 0 Å². The molecule has 1 atom stereocenters. The van der Waals surface area contributed by atoms with Crippen molar-refractivity contribution in [2.24, 2.45) is 5.73 Å². The molecule has 0 aromatic carbocycles. The minimum absolute atomic E-state index is 0.520. The van der Waals surface area contributed by atoms with Crippen molar-refractivity contribution in [3.05, 3.63) is 0 Å². The highest BCUT2D eigenvalue weighted by Crippen LogP contribution is 2.09. The summed E-state index contributed by atoms with van der Waals surface area (Å²) in [4.78, 5) is 0. The Morgan fingerprint density at radius 3 is 1.88 bits per heavy atom. The van der Waals surface area contributed by atoms with Gasteiger partial charge in [-0.2, -0.15) is 0 Å². The van der Waals surface area contributed by atoms with E-state index in [9.17, 15) is 4.21 Å². The topological polar surface area (TPSA) is 52.3 Å². The van der Waals surface area contributed by atoms with Crippen LogP contribution in [0.15, 0.2) is 0 Å². The Morgan fingerprint density at radius 2 is 1.44 bits per heavy atom. The molecular formula is C11H25NO2S2. The van der Waals surface area contributed by atoms with Gasteiger partial charge in [0.1, 0.15) is 8.77 Å². The lowest BCUT2D eigenvalue weighted by atomic mass is 10.1. The molecule has 0 aromatic heterocycles. The maximum Gasteiger partial charge on any atom is 0.143 e. The van der Waals surface area contributed by atoms with Crippen molar-refractivity contribution in [2.45, 2.75) is 51.4 Å². The summed E-state index contributed by atoms with van der Waals surface area (Å²) in [7, 11) is -0.981. The van der Waals surface area contributed by atoms with E-state index in [-0.39, 0.29) is 0 Å². The van der Waals surface area contributed by atoms with Crippen LogP contribution < -0.4 is 5.73 Å². The lowest BCUT2D eigenvalue weighted by molar-refractivity contribution is 0.441. The van der Waals surface area contributed by atoms with Crippen molar-refractivity contribution in [3.63, 3.8) is 0 Å². The Bertz CT molecular complexity index is 240. The lowest BCUT2D eigenvalue weighted by Crippen LogP contribution is -2.05. The molecule has 98 valence electrons. The van der Waals surface area contributed by atoms with E-state index >= 15 is 0 Å². The summed E-state index contributed by atoms with van der Waals surface area (Å²) in [5, 5.41) is 0. The summed E-state index contributed by atoms with van der Waals surface area (Å²) in [6.45, 7) is 0.810. The molecule has 0 fully saturated rings. The van der Waals surface area contributed by atoms with Crippen LogP contribution >= 0.6 is 0 Å². The van der Waals surface area contributed by atoms with Crippen LogP contribution in [0.3, 0.4) is 0 Å². The summed E-state index contributed by atoms with van der Waals surface area (Å²) in [5.41, 5.74) is 5.41. The molecule has 3 nitrogen and oxygen atoms in total. The van der Waals surface area contributed by atoms with E-state index in [0.717, 1.165) is 25.8 Å². The maximum absolute atomic E-state index is 11.3. The van der Waals surface area contributed by atoms with Crippen molar-refractivity contribution in [1.82, 2.24) is 0 Å². The summed E-state index contributed by atoms with van der Waals surface area (Å²) < 4.78 is 16.1. The van der Waals surface area contributed by atoms with Crippen LogP contribution in [-0.2, 0) is 24.1 Å². The fourth-order valence-electron chi connectivity index (χ4n) is 1.57. The quantitative estimate of drug-likeness (QED) is 0.584. The molecule has 0 bridgehead atoms. The molecule has 2 N–H and O–H groups in total. The number of nitrogens with two attached hydrogens (primary N) is 1. The Balaban J connectivity index is 3.16. The third-order valence-corrected chi connectivity index (χ3v) is 4.81. The first kappa shape index (κ1) is 16.3. The molecule has 0 saturated carbocycles. The second-order valence-electron chi connectivity index (χ2n) is 4.05. The second-order valence-corrected chi connectivity index (χ2v) is 7.43. The van der Waals surface area contributed by atoms with Crippen LogP contribution in [0.25, 0.3) is 0 Å². The van der Waals surface area contributed by atoms with Gasteiger partial charge in [0.05, 0.1) is 12.9 Å². The van der Waals surface area contributed by atoms with Crippen LogP contribution in [0.1, 0.15) is 51.4 Å². The molecule has 0 rings (SSSR count). The average molecular weight is 267 g/mol. The number of hydrogen-bond donors (Lipinski definition) is 1. The second kappa shape index (κ2) is 10.4. The van der Waals surface area contributed by atoms with E-state index in [0.29, 0.717) is 5.75 Å². The first-order valence-corrected chi connectivity index (χ1v) is 8.68. The number of rotatable bonds is 11. The summed E-state index contributed by atoms with van der Waals surface area (Å²) in [6.07, 6.45) is 9.45. The van der Waals surface area contributed by atoms with Crippen molar-refractivity contribution < 1.29 is 8.39 Å². The molecule has 16 heavy (non-hydrogen) atoms. The molecule has 0 heterocycles. The van der Waals surface area contributed by atoms with Crippen molar-refractivity contribution in [1.29, 1.82) is 0 Å². The smallest absolute Gasteiger partial charge is 0.143 e. The highest BCUT2D eigenvalue weighted by Gasteiger charge is 2.02. The van der Waals surface area contributed by atoms with Crippen molar-refractivity contribution in [2.75, 3.05) is 19.4 Å². The van der Waals surface area contributed by atoms with Gasteiger partial charge in [-0.3, -0.25) is 4.18 Å². The van der Waals surface area contributed by atoms with Gasteiger partial charge in [-0.15, -0.1) is 0 Å². The molecule has 0 aliphatic heterocycles. The van der Waals surface area contributed by atoms with Gasteiger partial charge in [-0.1, -0.05) is 38.5 Å². The molecule has 0 saturated heterocycles. The standard InChI is InChI=1S/C11H25NO2S2/c1-14-16(13,15)11-9-7-5-3-2-4-6-8-10-12/h2-12H2,1H3. The van der Waals surface area contributed by atoms with E-state index in [1.807, 2.05) is 0 Å². The Kier molecular flexibility index (Phi) is 10.6. The van der Waals surface area contributed by atoms with Gasteiger partial charge in [0.25, 0.3) is 0 Å². The highest BCUT2D eigenvalue weighted by atomic mass is 32.8. The lowest BCUT2D eigenvalue weighted by Gasteiger charge is -2.04. The first-order valence-electron chi connectivity index (χ1n) is 6.11. The zero-order valence-electron chi connectivity index (χ0n) is 10.3. The normalized spacial score (nSPS) is 14.9. The minimum atomic E-state index is -2.40. The molecule has 0 aliphatic carbocycles. The van der Waals surface area contributed by atoms with Crippen LogP contribution in [0, 0.1) is 0 Å². The van der Waals surface area contributed by atoms with E-state index in [2.05, 4.69) is 0 Å².